The van der Waals surface area contributed by atoms with E-state index < -0.39 is 17.8 Å². The van der Waals surface area contributed by atoms with E-state index >= 15 is 0 Å². The van der Waals surface area contributed by atoms with Crippen LogP contribution in [-0.4, -0.2) is 36.9 Å². The van der Waals surface area contributed by atoms with Gasteiger partial charge in [0, 0.05) is 22.0 Å². The first-order chi connectivity index (χ1) is 18.6. The molecule has 2 N–H and O–H groups in total. The lowest BCUT2D eigenvalue weighted by Gasteiger charge is -2.18. The highest BCUT2D eigenvalue weighted by Crippen LogP contribution is 2.37. The Hall–Kier alpha value is -4.34. The van der Waals surface area contributed by atoms with Crippen LogP contribution in [0.5, 0.6) is 5.75 Å². The third-order valence-corrected chi connectivity index (χ3v) is 6.13. The number of hydrogen-bond acceptors (Lipinski definition) is 7. The number of imide groups is 1. The van der Waals surface area contributed by atoms with Crippen LogP contribution >= 0.6 is 23.2 Å². The molecule has 3 amide bonds. The van der Waals surface area contributed by atoms with Gasteiger partial charge in [0.15, 0.2) is 0 Å². The van der Waals surface area contributed by atoms with Crippen LogP contribution in [0.3, 0.4) is 0 Å². The van der Waals surface area contributed by atoms with E-state index in [0.717, 1.165) is 4.90 Å². The number of ether oxygens (including phenoxy) is 2. The van der Waals surface area contributed by atoms with E-state index in [9.17, 15) is 19.2 Å². The van der Waals surface area contributed by atoms with Crippen molar-refractivity contribution in [3.63, 3.8) is 0 Å². The van der Waals surface area contributed by atoms with Gasteiger partial charge in [-0.15, -0.1) is 0 Å². The smallest absolute Gasteiger partial charge is 0.338 e. The molecule has 0 fully saturated rings. The molecule has 0 saturated carbocycles. The first-order valence-electron chi connectivity index (χ1n) is 11.7. The molecule has 0 aromatic heterocycles. The van der Waals surface area contributed by atoms with Gasteiger partial charge in [0.1, 0.15) is 16.5 Å². The van der Waals surface area contributed by atoms with E-state index in [-0.39, 0.29) is 34.2 Å². The van der Waals surface area contributed by atoms with Gasteiger partial charge in [-0.2, -0.15) is 0 Å². The summed E-state index contributed by atoms with van der Waals surface area (Å²) in [5, 5.41) is 5.61. The number of halogens is 2. The Morgan fingerprint density at radius 3 is 2.08 bits per heavy atom. The third kappa shape index (κ3) is 6.05. The molecule has 3 aromatic carbocycles. The average Bonchev–Trinajstić information content (AvgIpc) is 3.11. The topological polar surface area (TPSA) is 114 Å². The number of nitrogens with zero attached hydrogens (tertiary/aromatic N) is 1. The predicted octanol–water partition coefficient (Wildman–Crippen LogP) is 5.60. The van der Waals surface area contributed by atoms with Crippen LogP contribution in [0.1, 0.15) is 34.6 Å². The highest BCUT2D eigenvalue weighted by atomic mass is 35.5. The molecule has 0 spiro atoms. The van der Waals surface area contributed by atoms with Gasteiger partial charge >= 0.3 is 5.97 Å². The standard InChI is InChI=1S/C28H23Cl2N3O6/c1-15(2)39-28(37)17-6-11-20(12-7-17)32-25(34)16-4-9-19(10-5-16)31-24-23(30)26(35)33(27(24)36)21-14-18(29)8-13-22(21)38-3/h4-15,31H,1-3H3,(H,32,34). The third-order valence-electron chi connectivity index (χ3n) is 5.55. The summed E-state index contributed by atoms with van der Waals surface area (Å²) in [5.74, 6) is -1.98. The molecule has 1 aliphatic rings. The average molecular weight is 568 g/mol. The molecule has 0 atom stereocenters. The van der Waals surface area contributed by atoms with Crippen molar-refractivity contribution in [2.24, 2.45) is 0 Å². The molecule has 1 heterocycles. The van der Waals surface area contributed by atoms with Crippen molar-refractivity contribution >= 4 is 64.0 Å². The SMILES string of the molecule is COc1ccc(Cl)cc1N1C(=O)C(Cl)=C(Nc2ccc(C(=O)Nc3ccc(C(=O)OC(C)C)cc3)cc2)C1=O. The molecule has 4 rings (SSSR count). The summed E-state index contributed by atoms with van der Waals surface area (Å²) in [4.78, 5) is 51.5. The maximum atomic E-state index is 13.1. The predicted molar refractivity (Wildman–Crippen MR) is 148 cm³/mol. The Kier molecular flexibility index (Phi) is 8.23. The van der Waals surface area contributed by atoms with Crippen LogP contribution in [0.25, 0.3) is 0 Å². The van der Waals surface area contributed by atoms with Crippen LogP contribution in [0.2, 0.25) is 5.02 Å². The molecule has 0 aliphatic carbocycles. The van der Waals surface area contributed by atoms with E-state index in [1.807, 2.05) is 0 Å². The van der Waals surface area contributed by atoms with Crippen molar-refractivity contribution in [1.82, 2.24) is 0 Å². The molecule has 0 saturated heterocycles. The highest BCUT2D eigenvalue weighted by Gasteiger charge is 2.40. The van der Waals surface area contributed by atoms with Gasteiger partial charge in [0.25, 0.3) is 17.7 Å². The van der Waals surface area contributed by atoms with Gasteiger partial charge in [-0.05, 0) is 80.6 Å². The van der Waals surface area contributed by atoms with Crippen LogP contribution in [0.15, 0.2) is 77.5 Å². The van der Waals surface area contributed by atoms with Gasteiger partial charge in [-0.25, -0.2) is 9.69 Å². The largest absolute Gasteiger partial charge is 0.495 e. The fourth-order valence-corrected chi connectivity index (χ4v) is 4.07. The lowest BCUT2D eigenvalue weighted by Crippen LogP contribution is -2.32. The molecule has 11 heteroatoms. The summed E-state index contributed by atoms with van der Waals surface area (Å²) in [6.45, 7) is 3.52. The molecule has 0 bridgehead atoms. The molecule has 1 aliphatic heterocycles. The number of nitrogens with one attached hydrogen (secondary N) is 2. The number of esters is 1. The second-order valence-electron chi connectivity index (χ2n) is 8.64. The summed E-state index contributed by atoms with van der Waals surface area (Å²) < 4.78 is 10.4. The van der Waals surface area contributed by atoms with Crippen molar-refractivity contribution in [2.75, 3.05) is 22.6 Å². The minimum absolute atomic E-state index is 0.128. The van der Waals surface area contributed by atoms with E-state index in [1.165, 1.54) is 19.2 Å². The van der Waals surface area contributed by atoms with Crippen molar-refractivity contribution < 1.29 is 28.7 Å². The minimum atomic E-state index is -0.732. The zero-order valence-electron chi connectivity index (χ0n) is 21.1. The van der Waals surface area contributed by atoms with Gasteiger partial charge in [0.05, 0.1) is 24.5 Å². The quantitative estimate of drug-likeness (QED) is 0.269. The number of carbonyl (C=O) groups is 4. The number of methoxy groups -OCH3 is 1. The monoisotopic (exact) mass is 567 g/mol. The number of carbonyl (C=O) groups excluding carboxylic acids is 4. The zero-order chi connectivity index (χ0) is 28.3. The summed E-state index contributed by atoms with van der Waals surface area (Å²) >= 11 is 12.3. The number of rotatable bonds is 8. The Bertz CT molecular complexity index is 1480. The fraction of sp³-hybridized carbons (Fsp3) is 0.143. The van der Waals surface area contributed by atoms with Crippen molar-refractivity contribution in [3.05, 3.63) is 93.6 Å². The van der Waals surface area contributed by atoms with Crippen LogP contribution < -0.4 is 20.3 Å². The lowest BCUT2D eigenvalue weighted by atomic mass is 10.1. The maximum Gasteiger partial charge on any atom is 0.338 e. The molecule has 200 valence electrons. The van der Waals surface area contributed by atoms with Crippen molar-refractivity contribution in [3.8, 4) is 5.75 Å². The fourth-order valence-electron chi connectivity index (χ4n) is 3.69. The summed E-state index contributed by atoms with van der Waals surface area (Å²) in [6.07, 6.45) is -0.237. The molecular weight excluding hydrogens is 545 g/mol. The van der Waals surface area contributed by atoms with E-state index in [0.29, 0.717) is 27.5 Å². The van der Waals surface area contributed by atoms with Crippen LogP contribution in [0, 0.1) is 0 Å². The minimum Gasteiger partial charge on any atom is -0.495 e. The highest BCUT2D eigenvalue weighted by molar-refractivity contribution is 6.53. The van der Waals surface area contributed by atoms with Crippen LogP contribution in [-0.2, 0) is 14.3 Å². The Labute approximate surface area is 234 Å². The summed E-state index contributed by atoms with van der Waals surface area (Å²) in [5.41, 5.74) is 1.66. The van der Waals surface area contributed by atoms with Gasteiger partial charge < -0.3 is 20.1 Å². The summed E-state index contributed by atoms with van der Waals surface area (Å²) in [6, 6.07) is 17.1. The van der Waals surface area contributed by atoms with Crippen molar-refractivity contribution in [1.29, 1.82) is 0 Å². The normalized spacial score (nSPS) is 13.1. The zero-order valence-corrected chi connectivity index (χ0v) is 22.6. The van der Waals surface area contributed by atoms with E-state index in [4.69, 9.17) is 32.7 Å². The Morgan fingerprint density at radius 2 is 1.46 bits per heavy atom. The molecule has 3 aromatic rings. The molecule has 39 heavy (non-hydrogen) atoms. The second-order valence-corrected chi connectivity index (χ2v) is 9.45. The second kappa shape index (κ2) is 11.6. The maximum absolute atomic E-state index is 13.1. The molecular formula is C28H23Cl2N3O6. The molecule has 0 unspecified atom stereocenters. The van der Waals surface area contributed by atoms with E-state index in [2.05, 4.69) is 10.6 Å². The summed E-state index contributed by atoms with van der Waals surface area (Å²) in [7, 11) is 1.41. The molecule has 0 radical (unpaired) electrons. The number of amides is 3. The van der Waals surface area contributed by atoms with Gasteiger partial charge in [-0.3, -0.25) is 14.4 Å². The number of hydrogen-bond donors (Lipinski definition) is 2. The lowest BCUT2D eigenvalue weighted by molar-refractivity contribution is -0.120. The molecule has 9 nitrogen and oxygen atoms in total. The van der Waals surface area contributed by atoms with Crippen molar-refractivity contribution in [2.45, 2.75) is 20.0 Å². The number of anilines is 3. The van der Waals surface area contributed by atoms with Gasteiger partial charge in [-0.1, -0.05) is 23.2 Å². The number of benzene rings is 3. The Morgan fingerprint density at radius 1 is 0.846 bits per heavy atom. The van der Waals surface area contributed by atoms with E-state index in [1.54, 1.807) is 68.4 Å². The Balaban J connectivity index is 1.44. The first kappa shape index (κ1) is 27.7. The van der Waals surface area contributed by atoms with Gasteiger partial charge in [0.2, 0.25) is 0 Å². The first-order valence-corrected chi connectivity index (χ1v) is 12.5. The van der Waals surface area contributed by atoms with Crippen LogP contribution in [0.4, 0.5) is 17.1 Å².